The van der Waals surface area contributed by atoms with Crippen LogP contribution in [0.2, 0.25) is 0 Å². The van der Waals surface area contributed by atoms with E-state index in [1.807, 2.05) is 0 Å². The van der Waals surface area contributed by atoms with Gasteiger partial charge in [0.2, 0.25) is 0 Å². The normalized spacial score (nSPS) is 84.4. The maximum absolute atomic E-state index is 10.6. The molecule has 0 radical (unpaired) electrons. The smallest absolute Gasteiger partial charge is 0.163 e. The molecule has 6 fully saturated rings. The third-order valence-electron chi connectivity index (χ3n) is 6.47. The third kappa shape index (κ3) is 0.659. The van der Waals surface area contributed by atoms with Crippen LogP contribution < -0.4 is 0 Å². The van der Waals surface area contributed by atoms with Crippen molar-refractivity contribution in [3.05, 3.63) is 0 Å². The molecule has 6 aliphatic carbocycles. The molecule has 118 valence electrons. The van der Waals surface area contributed by atoms with Crippen molar-refractivity contribution in [1.29, 1.82) is 0 Å². The van der Waals surface area contributed by atoms with Gasteiger partial charge in [-0.15, -0.1) is 92.8 Å². The highest BCUT2D eigenvalue weighted by atomic mass is 35.5. The van der Waals surface area contributed by atoms with E-state index in [4.69, 9.17) is 116 Å². The molecule has 0 aromatic carbocycles. The van der Waals surface area contributed by atoms with Gasteiger partial charge in [0.05, 0.1) is 6.10 Å². The summed E-state index contributed by atoms with van der Waals surface area (Å²) in [4.78, 5) is -13.9. The summed E-state index contributed by atoms with van der Waals surface area (Å²) in [7, 11) is 0. The van der Waals surface area contributed by atoms with Crippen LogP contribution in [-0.2, 0) is 0 Å². The zero-order valence-electron chi connectivity index (χ0n) is 9.30. The molecule has 4 atom stereocenters. The van der Waals surface area contributed by atoms with Crippen molar-refractivity contribution in [1.82, 2.24) is 0 Å². The molecule has 11 heteroatoms. The van der Waals surface area contributed by atoms with Gasteiger partial charge in [0.1, 0.15) is 39.0 Å². The molecule has 0 amide bonds. The summed E-state index contributed by atoms with van der Waals surface area (Å²) in [6.45, 7) is 0. The van der Waals surface area contributed by atoms with Gasteiger partial charge in [0.25, 0.3) is 0 Å². The molecule has 0 aromatic heterocycles. The van der Waals surface area contributed by atoms with Crippen LogP contribution >= 0.6 is 116 Å². The molecule has 6 rings (SSSR count). The third-order valence-corrected chi connectivity index (χ3v) is 15.7. The van der Waals surface area contributed by atoms with E-state index in [-0.39, 0.29) is 0 Å². The second-order valence-corrected chi connectivity index (χ2v) is 12.3. The van der Waals surface area contributed by atoms with E-state index in [0.717, 1.165) is 0 Å². The van der Waals surface area contributed by atoms with Crippen molar-refractivity contribution < 1.29 is 5.11 Å². The van der Waals surface area contributed by atoms with Crippen molar-refractivity contribution in [3.8, 4) is 0 Å². The van der Waals surface area contributed by atoms with Gasteiger partial charge in [-0.3, -0.25) is 0 Å². The van der Waals surface area contributed by atoms with Crippen molar-refractivity contribution in [3.63, 3.8) is 0 Å². The van der Waals surface area contributed by atoms with Crippen LogP contribution in [0.3, 0.4) is 0 Å². The first-order chi connectivity index (χ1) is 9.15. The lowest BCUT2D eigenvalue weighted by Crippen LogP contribution is -3.03. The Bertz CT molecular complexity index is 593. The van der Waals surface area contributed by atoms with Crippen LogP contribution in [0.15, 0.2) is 0 Å². The zero-order chi connectivity index (χ0) is 16.1. The van der Waals surface area contributed by atoms with Crippen molar-refractivity contribution >= 4 is 116 Å². The summed E-state index contributed by atoms with van der Waals surface area (Å²) in [6.07, 6.45) is -1.43. The Morgan fingerprint density at radius 2 is 0.714 bits per heavy atom. The van der Waals surface area contributed by atoms with E-state index < -0.39 is 49.4 Å². The molecule has 0 spiro atoms. The molecule has 0 heterocycles. The Balaban J connectivity index is 2.06. The minimum Gasteiger partial charge on any atom is -0.389 e. The van der Waals surface area contributed by atoms with Crippen molar-refractivity contribution in [2.45, 2.75) is 49.4 Å². The predicted octanol–water partition coefficient (Wildman–Crippen LogP) is 4.41. The molecule has 1 N–H and O–H groups in total. The fraction of sp³-hybridized carbons (Fsp3) is 1.00. The number of hydrogen-bond acceptors (Lipinski definition) is 1. The van der Waals surface area contributed by atoms with Crippen LogP contribution in [-0.4, -0.2) is 54.5 Å². The van der Waals surface area contributed by atoms with E-state index in [1.54, 1.807) is 0 Å². The Labute approximate surface area is 169 Å². The highest BCUT2D eigenvalue weighted by Gasteiger charge is 3.30. The first-order valence-electron chi connectivity index (χ1n) is 5.73. The van der Waals surface area contributed by atoms with Crippen LogP contribution in [0.25, 0.3) is 0 Å². The number of aliphatic hydroxyl groups is 1. The zero-order valence-corrected chi connectivity index (χ0v) is 16.9. The SMILES string of the molecule is OC1C2(Cl)C3(Cl)C4(Cl)C(Cl)(Cl)C5(Cl)C3(Cl)C1(Cl)C5(Cl)C24Cl. The quantitative estimate of drug-likeness (QED) is 0.497. The van der Waals surface area contributed by atoms with Crippen LogP contribution in [0.5, 0.6) is 0 Å². The highest BCUT2D eigenvalue weighted by Crippen LogP contribution is 3.10. The summed E-state index contributed by atoms with van der Waals surface area (Å²) in [5.74, 6) is 0. The van der Waals surface area contributed by atoms with Gasteiger partial charge in [-0.05, 0) is 0 Å². The Hall–Kier alpha value is 2.86. The molecule has 1 nitrogen and oxygen atoms in total. The Morgan fingerprint density at radius 3 is 0.952 bits per heavy atom. The first-order valence-corrected chi connectivity index (χ1v) is 9.51. The van der Waals surface area contributed by atoms with E-state index in [1.165, 1.54) is 0 Å². The minimum absolute atomic E-state index is 1.43. The summed E-state index contributed by atoms with van der Waals surface area (Å²) in [6, 6.07) is 0. The molecule has 21 heavy (non-hydrogen) atoms. The van der Waals surface area contributed by atoms with Gasteiger partial charge in [-0.2, -0.15) is 0 Å². The second-order valence-electron chi connectivity index (χ2n) is 6.35. The number of aliphatic hydroxyl groups excluding tert-OH is 1. The molecular formula is C10H2Cl10O. The van der Waals surface area contributed by atoms with E-state index in [2.05, 4.69) is 0 Å². The van der Waals surface area contributed by atoms with E-state index in [9.17, 15) is 5.11 Å². The maximum Gasteiger partial charge on any atom is 0.163 e. The molecule has 4 bridgehead atoms. The summed E-state index contributed by atoms with van der Waals surface area (Å²) >= 11 is 66.3. The lowest BCUT2D eigenvalue weighted by Gasteiger charge is -2.81. The maximum atomic E-state index is 10.6. The lowest BCUT2D eigenvalue weighted by molar-refractivity contribution is 0.000455. The van der Waals surface area contributed by atoms with Crippen LogP contribution in [0.4, 0.5) is 0 Å². The lowest BCUT2D eigenvalue weighted by atomic mass is 9.41. The topological polar surface area (TPSA) is 20.2 Å². The molecule has 6 aliphatic rings. The largest absolute Gasteiger partial charge is 0.389 e. The van der Waals surface area contributed by atoms with Crippen LogP contribution in [0.1, 0.15) is 0 Å². The van der Waals surface area contributed by atoms with Gasteiger partial charge in [0, 0.05) is 0 Å². The summed E-state index contributed by atoms with van der Waals surface area (Å²) < 4.78 is -1.90. The van der Waals surface area contributed by atoms with Crippen molar-refractivity contribution in [2.75, 3.05) is 0 Å². The van der Waals surface area contributed by atoms with Gasteiger partial charge < -0.3 is 5.11 Å². The van der Waals surface area contributed by atoms with Gasteiger partial charge in [0.15, 0.2) is 4.33 Å². The number of hydrogen-bond donors (Lipinski definition) is 1. The monoisotopic (exact) mass is 488 g/mol. The molecule has 0 aliphatic heterocycles. The standard InChI is InChI=1S/C10H2Cl10O/c11-2-1(21)3(12)6(15)4(2,13)8(17)5(2,14)7(3,16)9(6,18)10(8,19)20/h1,21H. The van der Waals surface area contributed by atoms with Crippen molar-refractivity contribution in [2.24, 2.45) is 0 Å². The Kier molecular flexibility index (Phi) is 2.33. The first kappa shape index (κ1) is 16.1. The average Bonchev–Trinajstić information content (AvgIpc) is 2.64. The summed E-state index contributed by atoms with van der Waals surface area (Å²) in [5, 5.41) is 10.6. The molecular weight excluding hydrogens is 491 g/mol. The number of alkyl halides is 10. The molecule has 0 aromatic rings. The number of rotatable bonds is 0. The number of halogens is 10. The minimum atomic E-state index is -1.90. The van der Waals surface area contributed by atoms with Gasteiger partial charge >= 0.3 is 0 Å². The highest BCUT2D eigenvalue weighted by molar-refractivity contribution is 6.78. The summed E-state index contributed by atoms with van der Waals surface area (Å²) in [5.41, 5.74) is 0. The molecule has 4 unspecified atom stereocenters. The molecule has 6 saturated carbocycles. The average molecular weight is 493 g/mol. The fourth-order valence-corrected chi connectivity index (χ4v) is 14.5. The molecule has 0 saturated heterocycles. The Morgan fingerprint density at radius 1 is 0.476 bits per heavy atom. The van der Waals surface area contributed by atoms with Crippen LogP contribution in [0, 0.1) is 0 Å². The fourth-order valence-electron chi connectivity index (χ4n) is 5.91. The van der Waals surface area contributed by atoms with Gasteiger partial charge in [-0.25, -0.2) is 0 Å². The van der Waals surface area contributed by atoms with E-state index >= 15 is 0 Å². The second kappa shape index (κ2) is 3.05. The predicted molar refractivity (Wildman–Crippen MR) is 89.1 cm³/mol. The van der Waals surface area contributed by atoms with Gasteiger partial charge in [-0.1, -0.05) is 23.2 Å². The van der Waals surface area contributed by atoms with E-state index in [0.29, 0.717) is 0 Å².